The molecule has 5 rings (SSSR count). The van der Waals surface area contributed by atoms with E-state index in [1.807, 2.05) is 53.4 Å². The molecule has 1 heterocycles. The Balaban J connectivity index is 1.19. The summed E-state index contributed by atoms with van der Waals surface area (Å²) >= 11 is 0. The lowest BCUT2D eigenvalue weighted by atomic mass is 10.0. The number of carbonyl (C=O) groups excluding carboxylic acids is 2. The van der Waals surface area contributed by atoms with Gasteiger partial charge in [-0.3, -0.25) is 14.5 Å². The molecule has 0 spiro atoms. The van der Waals surface area contributed by atoms with Crippen molar-refractivity contribution in [2.75, 3.05) is 39.8 Å². The SMILES string of the molecule is COc1ccc(CCN2CCN(C(=O)c3ccc4c(c3)C(=O)c3ccccc3-4)CC2)cc1. The molecule has 0 saturated carbocycles. The van der Waals surface area contributed by atoms with E-state index < -0.39 is 0 Å². The van der Waals surface area contributed by atoms with Gasteiger partial charge in [0.2, 0.25) is 0 Å². The summed E-state index contributed by atoms with van der Waals surface area (Å²) in [5.74, 6) is 0.887. The Kier molecular flexibility index (Phi) is 5.50. The Labute approximate surface area is 188 Å². The van der Waals surface area contributed by atoms with Crippen molar-refractivity contribution in [1.29, 1.82) is 0 Å². The van der Waals surface area contributed by atoms with E-state index in [0.29, 0.717) is 24.2 Å². The van der Waals surface area contributed by atoms with Gasteiger partial charge in [0.15, 0.2) is 5.78 Å². The van der Waals surface area contributed by atoms with Crippen LogP contribution in [-0.2, 0) is 6.42 Å². The van der Waals surface area contributed by atoms with E-state index >= 15 is 0 Å². The van der Waals surface area contributed by atoms with Gasteiger partial charge in [0.05, 0.1) is 7.11 Å². The van der Waals surface area contributed by atoms with Crippen LogP contribution in [0.25, 0.3) is 11.1 Å². The van der Waals surface area contributed by atoms with Crippen molar-refractivity contribution >= 4 is 11.7 Å². The van der Waals surface area contributed by atoms with Crippen molar-refractivity contribution < 1.29 is 14.3 Å². The van der Waals surface area contributed by atoms with Gasteiger partial charge >= 0.3 is 0 Å². The molecular weight excluding hydrogens is 400 g/mol. The van der Waals surface area contributed by atoms with Gasteiger partial charge in [0.25, 0.3) is 5.91 Å². The molecule has 0 atom stereocenters. The van der Waals surface area contributed by atoms with Crippen molar-refractivity contribution in [1.82, 2.24) is 9.80 Å². The third-order valence-electron chi connectivity index (χ3n) is 6.51. The van der Waals surface area contributed by atoms with Crippen molar-refractivity contribution in [2.45, 2.75) is 6.42 Å². The van der Waals surface area contributed by atoms with Crippen molar-refractivity contribution in [2.24, 2.45) is 0 Å². The lowest BCUT2D eigenvalue weighted by Crippen LogP contribution is -2.49. The molecule has 1 aliphatic heterocycles. The summed E-state index contributed by atoms with van der Waals surface area (Å²) in [6, 6.07) is 21.4. The molecule has 162 valence electrons. The second-order valence-corrected chi connectivity index (χ2v) is 8.37. The van der Waals surface area contributed by atoms with E-state index in [2.05, 4.69) is 17.0 Å². The number of ketones is 1. The minimum Gasteiger partial charge on any atom is -0.497 e. The van der Waals surface area contributed by atoms with Gasteiger partial charge in [-0.2, -0.15) is 0 Å². The molecule has 1 aliphatic carbocycles. The van der Waals surface area contributed by atoms with Crippen LogP contribution in [0.15, 0.2) is 66.7 Å². The van der Waals surface area contributed by atoms with Crippen LogP contribution in [0.1, 0.15) is 31.8 Å². The molecule has 32 heavy (non-hydrogen) atoms. The second-order valence-electron chi connectivity index (χ2n) is 8.37. The molecule has 0 bridgehead atoms. The summed E-state index contributed by atoms with van der Waals surface area (Å²) < 4.78 is 5.21. The van der Waals surface area contributed by atoms with E-state index in [4.69, 9.17) is 4.74 Å². The maximum absolute atomic E-state index is 13.1. The highest BCUT2D eigenvalue weighted by Crippen LogP contribution is 2.36. The summed E-state index contributed by atoms with van der Waals surface area (Å²) in [4.78, 5) is 30.2. The summed E-state index contributed by atoms with van der Waals surface area (Å²) in [5, 5.41) is 0. The number of nitrogens with zero attached hydrogens (tertiary/aromatic N) is 2. The number of methoxy groups -OCH3 is 1. The van der Waals surface area contributed by atoms with Crippen LogP contribution in [0.5, 0.6) is 5.75 Å². The Morgan fingerprint density at radius 2 is 1.53 bits per heavy atom. The zero-order valence-electron chi connectivity index (χ0n) is 18.2. The van der Waals surface area contributed by atoms with Gasteiger partial charge < -0.3 is 9.64 Å². The highest BCUT2D eigenvalue weighted by molar-refractivity contribution is 6.22. The zero-order valence-corrected chi connectivity index (χ0v) is 18.2. The predicted octanol–water partition coefficient (Wildman–Crippen LogP) is 3.91. The molecule has 0 N–H and O–H groups in total. The predicted molar refractivity (Wildman–Crippen MR) is 124 cm³/mol. The maximum Gasteiger partial charge on any atom is 0.253 e. The van der Waals surface area contributed by atoms with Gasteiger partial charge in [-0.15, -0.1) is 0 Å². The van der Waals surface area contributed by atoms with Crippen molar-refractivity contribution in [3.05, 3.63) is 89.0 Å². The minimum absolute atomic E-state index is 0.00589. The van der Waals surface area contributed by atoms with Gasteiger partial charge in [0, 0.05) is 49.4 Å². The third-order valence-corrected chi connectivity index (χ3v) is 6.51. The average molecular weight is 427 g/mol. The number of rotatable bonds is 5. The molecule has 5 nitrogen and oxygen atoms in total. The first kappa shape index (κ1) is 20.5. The normalized spacial score (nSPS) is 15.4. The van der Waals surface area contributed by atoms with Crippen LogP contribution >= 0.6 is 0 Å². The van der Waals surface area contributed by atoms with E-state index in [1.54, 1.807) is 13.2 Å². The number of piperazine rings is 1. The number of hydrogen-bond donors (Lipinski definition) is 0. The highest BCUT2D eigenvalue weighted by atomic mass is 16.5. The monoisotopic (exact) mass is 426 g/mol. The fraction of sp³-hybridized carbons (Fsp3) is 0.259. The Hall–Kier alpha value is -3.44. The molecular formula is C27H26N2O3. The summed E-state index contributed by atoms with van der Waals surface area (Å²) in [7, 11) is 1.68. The first-order chi connectivity index (χ1) is 15.6. The van der Waals surface area contributed by atoms with E-state index in [1.165, 1.54) is 5.56 Å². The van der Waals surface area contributed by atoms with Crippen LogP contribution in [0.2, 0.25) is 0 Å². The van der Waals surface area contributed by atoms with Crippen molar-refractivity contribution in [3.63, 3.8) is 0 Å². The summed E-state index contributed by atoms with van der Waals surface area (Å²) in [6.45, 7) is 4.09. The zero-order chi connectivity index (χ0) is 22.1. The molecule has 0 aromatic heterocycles. The lowest BCUT2D eigenvalue weighted by molar-refractivity contribution is 0.0638. The molecule has 5 heteroatoms. The molecule has 3 aromatic rings. The van der Waals surface area contributed by atoms with Gasteiger partial charge in [-0.05, 0) is 47.4 Å². The third kappa shape index (κ3) is 3.80. The summed E-state index contributed by atoms with van der Waals surface area (Å²) in [5.41, 5.74) is 5.11. The van der Waals surface area contributed by atoms with E-state index in [0.717, 1.165) is 48.5 Å². The molecule has 1 amide bonds. The number of fused-ring (bicyclic) bond motifs is 3. The number of amides is 1. The molecule has 1 fully saturated rings. The lowest BCUT2D eigenvalue weighted by Gasteiger charge is -2.34. The quantitative estimate of drug-likeness (QED) is 0.486. The average Bonchev–Trinajstić information content (AvgIpc) is 3.14. The molecule has 1 saturated heterocycles. The van der Waals surface area contributed by atoms with Gasteiger partial charge in [-0.1, -0.05) is 42.5 Å². The number of benzene rings is 3. The second kappa shape index (κ2) is 8.60. The van der Waals surface area contributed by atoms with Crippen LogP contribution in [0.4, 0.5) is 0 Å². The van der Waals surface area contributed by atoms with Crippen molar-refractivity contribution in [3.8, 4) is 16.9 Å². The van der Waals surface area contributed by atoms with Crippen LogP contribution in [-0.4, -0.2) is 61.3 Å². The van der Waals surface area contributed by atoms with Crippen LogP contribution in [0.3, 0.4) is 0 Å². The maximum atomic E-state index is 13.1. The Bertz CT molecular complexity index is 1160. The largest absolute Gasteiger partial charge is 0.497 e. The number of carbonyl (C=O) groups is 2. The minimum atomic E-state index is 0.00589. The number of ether oxygens (including phenoxy) is 1. The molecule has 0 radical (unpaired) electrons. The number of hydrogen-bond acceptors (Lipinski definition) is 4. The Morgan fingerprint density at radius 3 is 2.25 bits per heavy atom. The molecule has 2 aliphatic rings. The standard InChI is InChI=1S/C27H26N2O3/c1-32-21-9-6-19(7-10-21)12-13-28-14-16-29(17-15-28)27(31)20-8-11-23-22-4-2-3-5-24(22)26(30)25(23)18-20/h2-11,18H,12-17H2,1H3. The molecule has 3 aromatic carbocycles. The fourth-order valence-corrected chi connectivity index (χ4v) is 4.60. The van der Waals surface area contributed by atoms with Crippen LogP contribution in [0, 0.1) is 0 Å². The molecule has 0 unspecified atom stereocenters. The van der Waals surface area contributed by atoms with Gasteiger partial charge in [-0.25, -0.2) is 0 Å². The van der Waals surface area contributed by atoms with Gasteiger partial charge in [0.1, 0.15) is 5.75 Å². The smallest absolute Gasteiger partial charge is 0.253 e. The van der Waals surface area contributed by atoms with Crippen LogP contribution < -0.4 is 4.74 Å². The highest BCUT2D eigenvalue weighted by Gasteiger charge is 2.28. The first-order valence-electron chi connectivity index (χ1n) is 11.1. The first-order valence-corrected chi connectivity index (χ1v) is 11.1. The summed E-state index contributed by atoms with van der Waals surface area (Å²) in [6.07, 6.45) is 0.978. The van der Waals surface area contributed by atoms with E-state index in [-0.39, 0.29) is 11.7 Å². The fourth-order valence-electron chi connectivity index (χ4n) is 4.60. The topological polar surface area (TPSA) is 49.9 Å². The Morgan fingerprint density at radius 1 is 0.844 bits per heavy atom. The van der Waals surface area contributed by atoms with E-state index in [9.17, 15) is 9.59 Å².